The molecule has 0 aliphatic carbocycles. The second-order valence-electron chi connectivity index (χ2n) is 7.24. The molecular weight excluding hydrogens is 346 g/mol. The highest BCUT2D eigenvalue weighted by Crippen LogP contribution is 2.44. The Hall–Kier alpha value is -2.67. The Kier molecular flexibility index (Phi) is 4.47. The smallest absolute Gasteiger partial charge is 0.312 e. The van der Waals surface area contributed by atoms with Crippen LogP contribution >= 0.6 is 0 Å². The molecule has 1 aromatic heterocycles. The van der Waals surface area contributed by atoms with E-state index in [0.717, 1.165) is 29.9 Å². The van der Waals surface area contributed by atoms with Crippen LogP contribution in [0.25, 0.3) is 5.69 Å². The number of amides is 1. The van der Waals surface area contributed by atoms with Gasteiger partial charge in [0.25, 0.3) is 0 Å². The van der Waals surface area contributed by atoms with Crippen LogP contribution in [-0.4, -0.2) is 41.0 Å². The van der Waals surface area contributed by atoms with Gasteiger partial charge in [0.1, 0.15) is 0 Å². The number of aromatic nitrogens is 2. The van der Waals surface area contributed by atoms with E-state index in [1.165, 1.54) is 7.11 Å². The number of fused-ring (bicyclic) bond motifs is 2. The van der Waals surface area contributed by atoms with E-state index in [1.54, 1.807) is 0 Å². The van der Waals surface area contributed by atoms with Crippen molar-refractivity contribution in [3.63, 3.8) is 0 Å². The zero-order chi connectivity index (χ0) is 19.1. The Balaban J connectivity index is 1.49. The molecule has 1 N–H and O–H groups in total. The van der Waals surface area contributed by atoms with Crippen molar-refractivity contribution < 1.29 is 19.1 Å². The molecule has 0 spiro atoms. The number of carbonyl (C=O) groups excluding carboxylic acids is 2. The normalized spacial score (nSPS) is 26.2. The van der Waals surface area contributed by atoms with Crippen molar-refractivity contribution in [2.75, 3.05) is 12.4 Å². The highest BCUT2D eigenvalue weighted by molar-refractivity contribution is 5.96. The molecule has 2 aromatic rings. The first-order valence-electron chi connectivity index (χ1n) is 9.16. The third-order valence-electron chi connectivity index (χ3n) is 5.44. The van der Waals surface area contributed by atoms with Gasteiger partial charge in [0.2, 0.25) is 5.91 Å². The van der Waals surface area contributed by atoms with E-state index in [0.29, 0.717) is 5.69 Å². The van der Waals surface area contributed by atoms with Crippen molar-refractivity contribution in [1.82, 2.24) is 9.78 Å². The van der Waals surface area contributed by atoms with Gasteiger partial charge < -0.3 is 14.8 Å². The fourth-order valence-electron chi connectivity index (χ4n) is 4.25. The second-order valence-corrected chi connectivity index (χ2v) is 7.24. The summed E-state index contributed by atoms with van der Waals surface area (Å²) in [7, 11) is 1.35. The lowest BCUT2D eigenvalue weighted by molar-refractivity contribution is -0.150. The summed E-state index contributed by atoms with van der Waals surface area (Å²) in [5.41, 5.74) is 3.60. The molecule has 0 saturated carbocycles. The maximum Gasteiger partial charge on any atom is 0.312 e. The number of carbonyl (C=O) groups is 2. The number of hydrogen-bond acceptors (Lipinski definition) is 5. The van der Waals surface area contributed by atoms with Crippen LogP contribution in [-0.2, 0) is 19.1 Å². The zero-order valence-corrected chi connectivity index (χ0v) is 15.6. The molecule has 2 fully saturated rings. The molecule has 142 valence electrons. The number of benzene rings is 1. The molecule has 2 saturated heterocycles. The van der Waals surface area contributed by atoms with Gasteiger partial charge in [0.05, 0.1) is 42.5 Å². The zero-order valence-electron chi connectivity index (χ0n) is 15.6. The Morgan fingerprint density at radius 2 is 1.81 bits per heavy atom. The van der Waals surface area contributed by atoms with Gasteiger partial charge in [-0.1, -0.05) is 0 Å². The van der Waals surface area contributed by atoms with Crippen LogP contribution in [0.5, 0.6) is 0 Å². The summed E-state index contributed by atoms with van der Waals surface area (Å²) in [6.07, 6.45) is 1.17. The summed E-state index contributed by atoms with van der Waals surface area (Å²) in [6, 6.07) is 9.50. The maximum atomic E-state index is 12.8. The van der Waals surface area contributed by atoms with Gasteiger partial charge in [-0.2, -0.15) is 5.10 Å². The number of nitrogens with zero attached hydrogens (tertiary/aromatic N) is 2. The predicted octanol–water partition coefficient (Wildman–Crippen LogP) is 2.39. The number of ether oxygens (including phenoxy) is 2. The average Bonchev–Trinajstić information content (AvgIpc) is 3.35. The van der Waals surface area contributed by atoms with Crippen LogP contribution in [0.3, 0.4) is 0 Å². The molecule has 27 heavy (non-hydrogen) atoms. The first-order chi connectivity index (χ1) is 13.0. The molecule has 1 aromatic carbocycles. The first-order valence-corrected chi connectivity index (χ1v) is 9.16. The van der Waals surface area contributed by atoms with Crippen molar-refractivity contribution in [2.24, 2.45) is 11.8 Å². The standard InChI is InChI=1S/C20H23N3O4/c1-11-10-12(2)23(22-11)14-6-4-13(5-7-14)21-19(24)17-15-8-9-16(27-15)18(17)20(25)26-3/h4-7,10,15-18H,8-9H2,1-3H3,(H,21,24)/t15-,16+,17-,18+/m1/s1. The maximum absolute atomic E-state index is 12.8. The van der Waals surface area contributed by atoms with Crippen LogP contribution in [0.2, 0.25) is 0 Å². The van der Waals surface area contributed by atoms with Crippen molar-refractivity contribution in [3.05, 3.63) is 41.7 Å². The third kappa shape index (κ3) is 3.12. The van der Waals surface area contributed by atoms with Gasteiger partial charge in [-0.05, 0) is 57.0 Å². The van der Waals surface area contributed by atoms with Gasteiger partial charge in [0.15, 0.2) is 0 Å². The summed E-state index contributed by atoms with van der Waals surface area (Å²) in [5.74, 6) is -1.60. The Labute approximate surface area is 157 Å². The van der Waals surface area contributed by atoms with E-state index < -0.39 is 11.8 Å². The van der Waals surface area contributed by atoms with Crippen molar-refractivity contribution in [2.45, 2.75) is 38.9 Å². The van der Waals surface area contributed by atoms with E-state index in [9.17, 15) is 9.59 Å². The number of hydrogen-bond donors (Lipinski definition) is 1. The molecule has 2 aliphatic rings. The van der Waals surface area contributed by atoms with E-state index in [-0.39, 0.29) is 24.1 Å². The van der Waals surface area contributed by atoms with Crippen molar-refractivity contribution >= 4 is 17.6 Å². The van der Waals surface area contributed by atoms with Gasteiger partial charge in [-0.15, -0.1) is 0 Å². The minimum Gasteiger partial charge on any atom is -0.469 e. The van der Waals surface area contributed by atoms with Crippen LogP contribution in [0.4, 0.5) is 5.69 Å². The number of anilines is 1. The average molecular weight is 369 g/mol. The van der Waals surface area contributed by atoms with Gasteiger partial charge in [-0.25, -0.2) is 4.68 Å². The highest BCUT2D eigenvalue weighted by Gasteiger charge is 2.55. The van der Waals surface area contributed by atoms with E-state index in [2.05, 4.69) is 10.4 Å². The van der Waals surface area contributed by atoms with Crippen LogP contribution in [0.15, 0.2) is 30.3 Å². The minimum absolute atomic E-state index is 0.198. The minimum atomic E-state index is -0.525. The number of aryl methyl sites for hydroxylation is 2. The molecule has 7 nitrogen and oxygen atoms in total. The fourth-order valence-corrected chi connectivity index (χ4v) is 4.25. The van der Waals surface area contributed by atoms with Gasteiger partial charge in [-0.3, -0.25) is 9.59 Å². The number of esters is 1. The number of nitrogens with one attached hydrogen (secondary N) is 1. The monoisotopic (exact) mass is 369 g/mol. The number of rotatable bonds is 4. The molecule has 2 aliphatic heterocycles. The molecule has 3 heterocycles. The molecule has 7 heteroatoms. The quantitative estimate of drug-likeness (QED) is 0.837. The third-order valence-corrected chi connectivity index (χ3v) is 5.44. The second kappa shape index (κ2) is 6.81. The summed E-state index contributed by atoms with van der Waals surface area (Å²) in [6.45, 7) is 3.95. The molecule has 2 bridgehead atoms. The van der Waals surface area contributed by atoms with E-state index in [1.807, 2.05) is 48.9 Å². The largest absolute Gasteiger partial charge is 0.469 e. The summed E-state index contributed by atoms with van der Waals surface area (Å²) in [4.78, 5) is 24.9. The fraction of sp³-hybridized carbons (Fsp3) is 0.450. The van der Waals surface area contributed by atoms with Crippen LogP contribution in [0, 0.1) is 25.7 Å². The Morgan fingerprint density at radius 1 is 1.15 bits per heavy atom. The molecule has 0 radical (unpaired) electrons. The molecular formula is C20H23N3O4. The summed E-state index contributed by atoms with van der Waals surface area (Å²) >= 11 is 0. The topological polar surface area (TPSA) is 82.5 Å². The molecule has 0 unspecified atom stereocenters. The van der Waals surface area contributed by atoms with Crippen molar-refractivity contribution in [1.29, 1.82) is 0 Å². The lowest BCUT2D eigenvalue weighted by Crippen LogP contribution is -2.41. The Bertz CT molecular complexity index is 874. The molecule has 4 atom stereocenters. The van der Waals surface area contributed by atoms with Gasteiger partial charge >= 0.3 is 5.97 Å². The summed E-state index contributed by atoms with van der Waals surface area (Å²) < 4.78 is 12.5. The number of methoxy groups -OCH3 is 1. The molecule has 4 rings (SSSR count). The predicted molar refractivity (Wildman–Crippen MR) is 98.6 cm³/mol. The Morgan fingerprint density at radius 3 is 2.41 bits per heavy atom. The SMILES string of the molecule is COC(=O)[C@@H]1[C@H](C(=O)Nc2ccc(-n3nc(C)cc3C)cc2)[C@H]2CC[C@@H]1O2. The summed E-state index contributed by atoms with van der Waals surface area (Å²) in [5, 5.41) is 7.38. The lowest BCUT2D eigenvalue weighted by atomic mass is 9.78. The van der Waals surface area contributed by atoms with E-state index >= 15 is 0 Å². The van der Waals surface area contributed by atoms with E-state index in [4.69, 9.17) is 9.47 Å². The van der Waals surface area contributed by atoms with Crippen LogP contribution < -0.4 is 5.32 Å². The first kappa shape index (κ1) is 17.7. The lowest BCUT2D eigenvalue weighted by Gasteiger charge is -2.25. The van der Waals surface area contributed by atoms with Gasteiger partial charge in [0, 0.05) is 11.4 Å². The van der Waals surface area contributed by atoms with Crippen LogP contribution in [0.1, 0.15) is 24.2 Å². The van der Waals surface area contributed by atoms with Crippen molar-refractivity contribution in [3.8, 4) is 5.69 Å². The molecule has 1 amide bonds. The highest BCUT2D eigenvalue weighted by atomic mass is 16.5.